The second kappa shape index (κ2) is 20.6. The lowest BCUT2D eigenvalue weighted by atomic mass is 9.72. The van der Waals surface area contributed by atoms with Crippen LogP contribution < -0.4 is 10.1 Å². The van der Waals surface area contributed by atoms with E-state index in [9.17, 15) is 40.7 Å². The van der Waals surface area contributed by atoms with Crippen molar-refractivity contribution in [1.29, 1.82) is 0 Å². The first-order chi connectivity index (χ1) is 31.4. The Morgan fingerprint density at radius 2 is 1.56 bits per heavy atom. The van der Waals surface area contributed by atoms with E-state index in [-0.39, 0.29) is 59.2 Å². The van der Waals surface area contributed by atoms with Crippen LogP contribution in [-0.4, -0.2) is 111 Å². The van der Waals surface area contributed by atoms with Gasteiger partial charge in [0.25, 0.3) is 11.8 Å². The van der Waals surface area contributed by atoms with Crippen molar-refractivity contribution < 1.29 is 54.9 Å². The van der Waals surface area contributed by atoms with Crippen LogP contribution in [0, 0.1) is 0 Å². The minimum atomic E-state index is -5.14. The fourth-order valence-electron chi connectivity index (χ4n) is 9.44. The van der Waals surface area contributed by atoms with Gasteiger partial charge in [0.15, 0.2) is 0 Å². The van der Waals surface area contributed by atoms with Gasteiger partial charge in [-0.2, -0.15) is 26.3 Å². The third kappa shape index (κ3) is 10.9. The topological polar surface area (TPSA) is 101 Å². The first-order valence-corrected chi connectivity index (χ1v) is 22.4. The van der Waals surface area contributed by atoms with E-state index < -0.39 is 47.1 Å². The molecule has 2 heterocycles. The number of ether oxygens (including phenoxy) is 3. The number of nitrogens with zero attached hydrogens (tertiary/aromatic N) is 3. The van der Waals surface area contributed by atoms with Crippen molar-refractivity contribution in [3.8, 4) is 5.75 Å². The monoisotopic (exact) mass is 962 g/mol. The van der Waals surface area contributed by atoms with Gasteiger partial charge in [-0.3, -0.25) is 14.4 Å². The Morgan fingerprint density at radius 1 is 0.879 bits per heavy atom. The third-order valence-electron chi connectivity index (χ3n) is 12.9. The third-order valence-corrected chi connectivity index (χ3v) is 13.7. The lowest BCUT2D eigenvalue weighted by molar-refractivity contribution is -0.143. The van der Waals surface area contributed by atoms with Gasteiger partial charge in [-0.15, -0.1) is 0 Å². The summed E-state index contributed by atoms with van der Waals surface area (Å²) in [4.78, 5) is 45.2. The predicted molar refractivity (Wildman–Crippen MR) is 236 cm³/mol. The number of nitrogens with one attached hydrogen (secondary N) is 1. The highest BCUT2D eigenvalue weighted by molar-refractivity contribution is 6.42. The molecule has 2 aliphatic heterocycles. The largest absolute Gasteiger partial charge is 0.496 e. The predicted octanol–water partition coefficient (Wildman–Crippen LogP) is 9.27. The lowest BCUT2D eigenvalue weighted by Gasteiger charge is -2.45. The fraction of sp³-hybridized carbons (Fsp3) is 0.438. The number of methoxy groups -OCH3 is 1. The Hall–Kier alpha value is -4.87. The summed E-state index contributed by atoms with van der Waals surface area (Å²) in [6.45, 7) is 2.34. The number of para-hydroxylation sites is 1. The van der Waals surface area contributed by atoms with Crippen LogP contribution >= 0.6 is 23.2 Å². The number of morpholine rings is 1. The lowest BCUT2D eigenvalue weighted by Crippen LogP contribution is -2.51. The summed E-state index contributed by atoms with van der Waals surface area (Å²) in [6.07, 6.45) is -8.27. The number of hydrogen-bond acceptors (Lipinski definition) is 7. The molecule has 3 atom stereocenters. The Kier molecular flexibility index (Phi) is 15.3. The van der Waals surface area contributed by atoms with Crippen molar-refractivity contribution in [3.63, 3.8) is 0 Å². The molecule has 0 saturated carbocycles. The van der Waals surface area contributed by atoms with E-state index >= 15 is 0 Å². The highest BCUT2D eigenvalue weighted by Crippen LogP contribution is 2.48. The number of amides is 3. The molecular formula is C48H50Cl2F6N4O6. The number of halogens is 8. The first kappa shape index (κ1) is 49.0. The van der Waals surface area contributed by atoms with Crippen molar-refractivity contribution >= 4 is 40.9 Å². The number of alkyl halides is 6. The number of hydrogen-bond donors (Lipinski definition) is 1. The second-order valence-corrected chi connectivity index (χ2v) is 17.7. The Bertz CT molecular complexity index is 2360. The summed E-state index contributed by atoms with van der Waals surface area (Å²) in [7, 11) is 3.21. The maximum atomic E-state index is 14.1. The number of likely N-dealkylation sites (tertiary alicyclic amines) is 1. The molecule has 7 rings (SSSR count). The minimum Gasteiger partial charge on any atom is -0.496 e. The van der Waals surface area contributed by atoms with Crippen molar-refractivity contribution in [1.82, 2.24) is 20.0 Å². The van der Waals surface area contributed by atoms with Gasteiger partial charge >= 0.3 is 12.4 Å². The zero-order valence-corrected chi connectivity index (χ0v) is 37.8. The summed E-state index contributed by atoms with van der Waals surface area (Å²) in [5.74, 6) is -0.984. The van der Waals surface area contributed by atoms with Crippen molar-refractivity contribution in [2.75, 3.05) is 66.6 Å². The molecule has 354 valence electrons. The molecule has 1 unspecified atom stereocenters. The minimum absolute atomic E-state index is 0.00605. The van der Waals surface area contributed by atoms with Crippen molar-refractivity contribution in [2.24, 2.45) is 0 Å². The van der Waals surface area contributed by atoms with Gasteiger partial charge in [-0.1, -0.05) is 65.7 Å². The van der Waals surface area contributed by atoms with Crippen LogP contribution in [0.5, 0.6) is 5.75 Å². The van der Waals surface area contributed by atoms with E-state index in [0.717, 1.165) is 5.56 Å². The van der Waals surface area contributed by atoms with Crippen LogP contribution in [0.25, 0.3) is 0 Å². The quantitative estimate of drug-likeness (QED) is 0.0994. The molecule has 10 nitrogen and oxygen atoms in total. The van der Waals surface area contributed by atoms with Gasteiger partial charge in [-0.25, -0.2) is 0 Å². The molecule has 2 saturated heterocycles. The summed E-state index contributed by atoms with van der Waals surface area (Å²) in [6, 6.07) is 19.7. The van der Waals surface area contributed by atoms with E-state index in [0.29, 0.717) is 93.8 Å². The molecule has 0 bridgehead atoms. The first-order valence-electron chi connectivity index (χ1n) is 21.6. The Balaban J connectivity index is 0.996. The number of rotatable bonds is 14. The SMILES string of the molecule is COc1ccccc1C(=O)NCCCN(C)C(=O)CO[C@H]1Cc2ccccc2C12CCN(CC[C@@H]1OCCN(C(=O)c3cc(C(F)(F)F)cc(C(F)(F)F)c3)C1c1ccc(Cl)c(Cl)c1)CC2. The van der Waals surface area contributed by atoms with Crippen LogP contribution in [0.15, 0.2) is 84.9 Å². The van der Waals surface area contributed by atoms with E-state index in [1.54, 1.807) is 42.3 Å². The summed E-state index contributed by atoms with van der Waals surface area (Å²) in [5.41, 5.74) is -1.05. The summed E-state index contributed by atoms with van der Waals surface area (Å²) in [5, 5.41) is 3.25. The van der Waals surface area contributed by atoms with Gasteiger partial charge in [0, 0.05) is 44.2 Å². The molecule has 0 aromatic heterocycles. The highest BCUT2D eigenvalue weighted by Gasteiger charge is 2.49. The van der Waals surface area contributed by atoms with Crippen LogP contribution in [0.1, 0.15) is 80.3 Å². The van der Waals surface area contributed by atoms with Gasteiger partial charge in [0.1, 0.15) is 12.4 Å². The van der Waals surface area contributed by atoms with E-state index in [2.05, 4.69) is 22.3 Å². The Morgan fingerprint density at radius 3 is 2.24 bits per heavy atom. The van der Waals surface area contributed by atoms with Crippen molar-refractivity contribution in [2.45, 2.75) is 68.1 Å². The molecule has 1 aliphatic carbocycles. The zero-order chi connectivity index (χ0) is 47.4. The standard InChI is InChI=1S/C48H50Cl2F6N4O6/c1-58(18-7-17-57-44(62)35-9-4-6-11-39(35)64-2)42(61)29-66-41-27-30-8-3-5-10-36(30)46(41)15-20-59(21-16-46)19-14-40-43(31-12-13-37(49)38(50)26-31)60(22-23-65-40)45(63)32-24-33(47(51,52)53)28-34(25-32)48(54,55)56/h3-6,8-13,24-26,28,40-41,43H,7,14-23,27,29H2,1-2H3,(H,57,62)/t40-,41-,43?/m0/s1. The van der Waals surface area contributed by atoms with E-state index in [1.165, 1.54) is 29.7 Å². The molecule has 1 N–H and O–H groups in total. The van der Waals surface area contributed by atoms with E-state index in [4.69, 9.17) is 37.4 Å². The van der Waals surface area contributed by atoms with Gasteiger partial charge in [0.05, 0.1) is 58.7 Å². The molecule has 18 heteroatoms. The number of carbonyl (C=O) groups is 3. The molecule has 1 spiro atoms. The average Bonchev–Trinajstić information content (AvgIpc) is 3.60. The van der Waals surface area contributed by atoms with E-state index in [1.807, 2.05) is 12.1 Å². The van der Waals surface area contributed by atoms with Crippen LogP contribution in [-0.2, 0) is 38.5 Å². The van der Waals surface area contributed by atoms with Gasteiger partial charge in [-0.05, 0) is 104 Å². The molecule has 66 heavy (non-hydrogen) atoms. The normalized spacial score (nSPS) is 19.7. The number of likely N-dealkylation sites (N-methyl/N-ethyl adjacent to an activating group) is 1. The molecule has 4 aromatic rings. The van der Waals surface area contributed by atoms with Gasteiger partial charge < -0.3 is 34.2 Å². The summed E-state index contributed by atoms with van der Waals surface area (Å²) >= 11 is 12.6. The van der Waals surface area contributed by atoms with Crippen molar-refractivity contribution in [3.05, 3.63) is 134 Å². The number of fused-ring (bicyclic) bond motifs is 2. The maximum absolute atomic E-state index is 14.1. The molecule has 4 aromatic carbocycles. The fourth-order valence-corrected chi connectivity index (χ4v) is 9.74. The second-order valence-electron chi connectivity index (χ2n) is 16.9. The van der Waals surface area contributed by atoms with Crippen LogP contribution in [0.2, 0.25) is 10.0 Å². The molecular weight excluding hydrogens is 913 g/mol. The molecule has 3 aliphatic rings. The Labute approximate surface area is 389 Å². The number of carbonyl (C=O) groups excluding carboxylic acids is 3. The van der Waals surface area contributed by atoms with Crippen LogP contribution in [0.3, 0.4) is 0 Å². The average molecular weight is 964 g/mol. The molecule has 2 fully saturated rings. The molecule has 3 amide bonds. The number of piperidine rings is 1. The molecule has 0 radical (unpaired) electrons. The zero-order valence-electron chi connectivity index (χ0n) is 36.3. The highest BCUT2D eigenvalue weighted by atomic mass is 35.5. The van der Waals surface area contributed by atoms with Crippen LogP contribution in [0.4, 0.5) is 26.3 Å². The summed E-state index contributed by atoms with van der Waals surface area (Å²) < 4.78 is 101. The smallest absolute Gasteiger partial charge is 0.416 e. The number of benzene rings is 4. The maximum Gasteiger partial charge on any atom is 0.416 e. The van der Waals surface area contributed by atoms with Gasteiger partial charge in [0.2, 0.25) is 5.91 Å².